The minimum absolute atomic E-state index is 0.596. The number of aromatic nitrogens is 2. The second-order valence-corrected chi connectivity index (χ2v) is 7.00. The van der Waals surface area contributed by atoms with E-state index in [0.29, 0.717) is 13.2 Å². The maximum Gasteiger partial charge on any atom is 0.166 e. The Balaban J connectivity index is 1.83. The fourth-order valence-electron chi connectivity index (χ4n) is 2.81. The Hall–Kier alpha value is -2.34. The molecule has 5 nitrogen and oxygen atoms in total. The number of nitrogens with one attached hydrogen (secondary N) is 1. The average Bonchev–Trinajstić information content (AvgIpc) is 3.02. The monoisotopic (exact) mass is 371 g/mol. The summed E-state index contributed by atoms with van der Waals surface area (Å²) in [6, 6.07) is 12.3. The van der Waals surface area contributed by atoms with Crippen molar-refractivity contribution in [1.29, 1.82) is 0 Å². The van der Waals surface area contributed by atoms with Gasteiger partial charge >= 0.3 is 0 Å². The Morgan fingerprint density at radius 1 is 1.04 bits per heavy atom. The Kier molecular flexibility index (Phi) is 5.93. The Bertz CT molecular complexity index is 834. The van der Waals surface area contributed by atoms with E-state index in [-0.39, 0.29) is 0 Å². The number of hydrogen-bond donors (Lipinski definition) is 1. The molecule has 0 bridgehead atoms. The molecule has 0 aliphatic heterocycles. The van der Waals surface area contributed by atoms with Gasteiger partial charge in [0.25, 0.3) is 0 Å². The molecule has 0 saturated heterocycles. The van der Waals surface area contributed by atoms with Crippen LogP contribution in [-0.4, -0.2) is 37.3 Å². The second kappa shape index (κ2) is 8.36. The third-order valence-electron chi connectivity index (χ3n) is 3.96. The highest BCUT2D eigenvalue weighted by atomic mass is 32.2. The van der Waals surface area contributed by atoms with Gasteiger partial charge in [0.15, 0.2) is 16.7 Å². The molecule has 0 aliphatic carbocycles. The molecule has 0 unspecified atom stereocenters. The van der Waals surface area contributed by atoms with Crippen LogP contribution in [-0.2, 0) is 5.75 Å². The van der Waals surface area contributed by atoms with Crippen LogP contribution < -0.4 is 14.4 Å². The van der Waals surface area contributed by atoms with Crippen molar-refractivity contribution in [2.24, 2.45) is 0 Å². The van der Waals surface area contributed by atoms with E-state index < -0.39 is 0 Å². The fourth-order valence-corrected chi connectivity index (χ4v) is 3.70. The van der Waals surface area contributed by atoms with Crippen molar-refractivity contribution >= 4 is 28.5 Å². The standard InChI is InChI=1S/C20H25N3O2S/c1-5-24-18-11-15-16(12-19(18)25-6-2)22-20(21-15)26-13-14-9-7-8-10-17(14)23(3)4/h7-12H,5-6,13H2,1-4H3,(H,21,22). The summed E-state index contributed by atoms with van der Waals surface area (Å²) in [5, 5.41) is 0.893. The molecule has 1 heterocycles. The lowest BCUT2D eigenvalue weighted by Crippen LogP contribution is -2.10. The number of para-hydroxylation sites is 1. The number of nitrogens with zero attached hydrogens (tertiary/aromatic N) is 2. The predicted octanol–water partition coefficient (Wildman–Crippen LogP) is 4.72. The average molecular weight is 372 g/mol. The van der Waals surface area contributed by atoms with Crippen LogP contribution in [0.25, 0.3) is 11.0 Å². The first kappa shape index (κ1) is 18.5. The van der Waals surface area contributed by atoms with Crippen LogP contribution in [0, 0.1) is 0 Å². The van der Waals surface area contributed by atoms with E-state index in [2.05, 4.69) is 48.2 Å². The molecule has 138 valence electrons. The van der Waals surface area contributed by atoms with E-state index >= 15 is 0 Å². The largest absolute Gasteiger partial charge is 0.490 e. The SMILES string of the molecule is CCOc1cc2nc(SCc3ccccc3N(C)C)[nH]c2cc1OCC. The number of H-pyrrole nitrogens is 1. The number of anilines is 1. The van der Waals surface area contributed by atoms with Gasteiger partial charge in [-0.25, -0.2) is 4.98 Å². The smallest absolute Gasteiger partial charge is 0.166 e. The zero-order chi connectivity index (χ0) is 18.5. The van der Waals surface area contributed by atoms with Crippen molar-refractivity contribution < 1.29 is 9.47 Å². The topological polar surface area (TPSA) is 50.4 Å². The summed E-state index contributed by atoms with van der Waals surface area (Å²) in [6.45, 7) is 5.13. The lowest BCUT2D eigenvalue weighted by atomic mass is 10.2. The molecule has 2 aromatic carbocycles. The van der Waals surface area contributed by atoms with Gasteiger partial charge in [-0.15, -0.1) is 0 Å². The Morgan fingerprint density at radius 2 is 1.73 bits per heavy atom. The number of thioether (sulfide) groups is 1. The van der Waals surface area contributed by atoms with Crippen molar-refractivity contribution in [3.05, 3.63) is 42.0 Å². The molecule has 26 heavy (non-hydrogen) atoms. The maximum absolute atomic E-state index is 5.69. The molecule has 0 radical (unpaired) electrons. The van der Waals surface area contributed by atoms with Crippen LogP contribution in [0.3, 0.4) is 0 Å². The molecule has 0 saturated carbocycles. The minimum Gasteiger partial charge on any atom is -0.490 e. The fraction of sp³-hybridized carbons (Fsp3) is 0.350. The highest BCUT2D eigenvalue weighted by Crippen LogP contribution is 2.34. The molecule has 3 aromatic rings. The third-order valence-corrected chi connectivity index (χ3v) is 4.89. The molecule has 1 aromatic heterocycles. The number of ether oxygens (including phenoxy) is 2. The summed E-state index contributed by atoms with van der Waals surface area (Å²) in [7, 11) is 4.13. The molecule has 0 amide bonds. The summed E-state index contributed by atoms with van der Waals surface area (Å²) in [5.74, 6) is 2.34. The van der Waals surface area contributed by atoms with Gasteiger partial charge in [0.1, 0.15) is 0 Å². The van der Waals surface area contributed by atoms with E-state index in [9.17, 15) is 0 Å². The van der Waals surface area contributed by atoms with Crippen LogP contribution >= 0.6 is 11.8 Å². The normalized spacial score (nSPS) is 10.9. The summed E-state index contributed by atoms with van der Waals surface area (Å²) in [5.41, 5.74) is 4.36. The van der Waals surface area contributed by atoms with Crippen molar-refractivity contribution in [1.82, 2.24) is 9.97 Å². The van der Waals surface area contributed by atoms with Crippen LogP contribution in [0.1, 0.15) is 19.4 Å². The molecular weight excluding hydrogens is 346 g/mol. The first-order valence-corrected chi connectivity index (χ1v) is 9.78. The van der Waals surface area contributed by atoms with E-state index in [1.165, 1.54) is 11.3 Å². The first-order chi connectivity index (χ1) is 12.6. The zero-order valence-corrected chi connectivity index (χ0v) is 16.5. The van der Waals surface area contributed by atoms with E-state index in [4.69, 9.17) is 14.5 Å². The van der Waals surface area contributed by atoms with Crippen LogP contribution in [0.5, 0.6) is 11.5 Å². The first-order valence-electron chi connectivity index (χ1n) is 8.79. The zero-order valence-electron chi connectivity index (χ0n) is 15.7. The Morgan fingerprint density at radius 3 is 2.42 bits per heavy atom. The van der Waals surface area contributed by atoms with E-state index in [0.717, 1.165) is 33.4 Å². The van der Waals surface area contributed by atoms with Crippen molar-refractivity contribution in [2.45, 2.75) is 24.8 Å². The summed E-state index contributed by atoms with van der Waals surface area (Å²) in [4.78, 5) is 10.2. The molecule has 3 rings (SSSR count). The maximum atomic E-state index is 5.69. The highest BCUT2D eigenvalue weighted by molar-refractivity contribution is 7.98. The van der Waals surface area contributed by atoms with Crippen LogP contribution in [0.4, 0.5) is 5.69 Å². The molecule has 0 aliphatic rings. The van der Waals surface area contributed by atoms with Crippen molar-refractivity contribution in [3.8, 4) is 11.5 Å². The lowest BCUT2D eigenvalue weighted by molar-refractivity contribution is 0.288. The molecule has 1 N–H and O–H groups in total. The van der Waals surface area contributed by atoms with Gasteiger partial charge in [0.2, 0.25) is 0 Å². The summed E-state index contributed by atoms with van der Waals surface area (Å²) < 4.78 is 11.4. The van der Waals surface area contributed by atoms with Crippen LogP contribution in [0.2, 0.25) is 0 Å². The minimum atomic E-state index is 0.596. The second-order valence-electron chi connectivity index (χ2n) is 6.04. The van der Waals surface area contributed by atoms with Gasteiger partial charge in [0.05, 0.1) is 24.2 Å². The predicted molar refractivity (Wildman–Crippen MR) is 109 cm³/mol. The van der Waals surface area contributed by atoms with Gasteiger partial charge in [-0.1, -0.05) is 30.0 Å². The molecule has 0 atom stereocenters. The number of aromatic amines is 1. The van der Waals surface area contributed by atoms with Crippen molar-refractivity contribution in [2.75, 3.05) is 32.2 Å². The number of benzene rings is 2. The Labute approximate surface area is 158 Å². The molecular formula is C20H25N3O2S. The number of imidazole rings is 1. The summed E-state index contributed by atoms with van der Waals surface area (Å²) in [6.07, 6.45) is 0. The third kappa shape index (κ3) is 4.07. The van der Waals surface area contributed by atoms with E-state index in [1.54, 1.807) is 11.8 Å². The van der Waals surface area contributed by atoms with Gasteiger partial charge in [-0.2, -0.15) is 0 Å². The molecule has 0 fully saturated rings. The number of rotatable bonds is 8. The summed E-state index contributed by atoms with van der Waals surface area (Å²) >= 11 is 1.69. The highest BCUT2D eigenvalue weighted by Gasteiger charge is 2.12. The molecule has 6 heteroatoms. The van der Waals surface area contributed by atoms with E-state index in [1.807, 2.05) is 26.0 Å². The molecule has 0 spiro atoms. The lowest BCUT2D eigenvalue weighted by Gasteiger charge is -2.16. The van der Waals surface area contributed by atoms with Gasteiger partial charge in [-0.05, 0) is 25.5 Å². The van der Waals surface area contributed by atoms with Gasteiger partial charge < -0.3 is 19.4 Å². The van der Waals surface area contributed by atoms with Gasteiger partial charge in [-0.3, -0.25) is 0 Å². The van der Waals surface area contributed by atoms with Crippen molar-refractivity contribution in [3.63, 3.8) is 0 Å². The number of hydrogen-bond acceptors (Lipinski definition) is 5. The quantitative estimate of drug-likeness (QED) is 0.581. The van der Waals surface area contributed by atoms with Crippen LogP contribution in [0.15, 0.2) is 41.6 Å². The number of fused-ring (bicyclic) bond motifs is 1. The van der Waals surface area contributed by atoms with Gasteiger partial charge in [0, 0.05) is 37.7 Å².